The van der Waals surface area contributed by atoms with Crippen LogP contribution in [0.5, 0.6) is 0 Å². The van der Waals surface area contributed by atoms with Crippen molar-refractivity contribution in [2.45, 2.75) is 6.92 Å². The van der Waals surface area contributed by atoms with Crippen molar-refractivity contribution in [3.8, 4) is 5.69 Å². The number of benzene rings is 3. The standard InChI is InChI=1S/C25H22N4O3/c1-17-22(25(32)29(28(17)2)19-13-7-4-8-14-19)27-24(31)20-15-9-10-16-21(20)26-23(30)18-11-5-3-6-12-18/h3-16H,1-2H3,(H,26,30)(H,27,31). The molecule has 0 aliphatic carbocycles. The smallest absolute Gasteiger partial charge is 0.295 e. The van der Waals surface area contributed by atoms with Crippen LogP contribution in [0.1, 0.15) is 26.4 Å². The molecule has 2 N–H and O–H groups in total. The number of carbonyl (C=O) groups is 2. The van der Waals surface area contributed by atoms with E-state index < -0.39 is 5.91 Å². The van der Waals surface area contributed by atoms with E-state index >= 15 is 0 Å². The Morgan fingerprint density at radius 3 is 2.03 bits per heavy atom. The molecule has 0 bridgehead atoms. The quantitative estimate of drug-likeness (QED) is 0.506. The monoisotopic (exact) mass is 426 g/mol. The molecule has 7 heteroatoms. The first-order chi connectivity index (χ1) is 15.5. The summed E-state index contributed by atoms with van der Waals surface area (Å²) in [5.74, 6) is -0.812. The zero-order valence-corrected chi connectivity index (χ0v) is 17.7. The van der Waals surface area contributed by atoms with Gasteiger partial charge >= 0.3 is 0 Å². The Morgan fingerprint density at radius 2 is 1.34 bits per heavy atom. The Labute approximate surface area is 184 Å². The minimum atomic E-state index is -0.486. The second-order valence-electron chi connectivity index (χ2n) is 7.26. The van der Waals surface area contributed by atoms with Crippen LogP contribution in [0.15, 0.2) is 89.7 Å². The maximum atomic E-state index is 13.1. The Kier molecular flexibility index (Phi) is 5.72. The molecule has 0 fully saturated rings. The lowest BCUT2D eigenvalue weighted by molar-refractivity contribution is 0.102. The number of nitrogens with one attached hydrogen (secondary N) is 2. The van der Waals surface area contributed by atoms with Crippen LogP contribution in [-0.2, 0) is 7.05 Å². The van der Waals surface area contributed by atoms with Crippen molar-refractivity contribution < 1.29 is 9.59 Å². The van der Waals surface area contributed by atoms with Gasteiger partial charge in [0.2, 0.25) is 0 Å². The van der Waals surface area contributed by atoms with E-state index in [1.54, 1.807) is 67.2 Å². The molecule has 7 nitrogen and oxygen atoms in total. The number of hydrogen-bond acceptors (Lipinski definition) is 3. The Morgan fingerprint density at radius 1 is 0.750 bits per heavy atom. The van der Waals surface area contributed by atoms with Gasteiger partial charge in [-0.1, -0.05) is 48.5 Å². The molecule has 2 amide bonds. The molecular weight excluding hydrogens is 404 g/mol. The van der Waals surface area contributed by atoms with Crippen LogP contribution in [-0.4, -0.2) is 21.2 Å². The van der Waals surface area contributed by atoms with E-state index in [0.717, 1.165) is 0 Å². The molecule has 0 radical (unpaired) electrons. The van der Waals surface area contributed by atoms with Crippen molar-refractivity contribution >= 4 is 23.2 Å². The third-order valence-electron chi connectivity index (χ3n) is 5.25. The molecule has 1 heterocycles. The molecule has 0 unspecified atom stereocenters. The lowest BCUT2D eigenvalue weighted by atomic mass is 10.1. The molecule has 4 rings (SSSR count). The highest BCUT2D eigenvalue weighted by Crippen LogP contribution is 2.20. The normalized spacial score (nSPS) is 10.6. The fourth-order valence-electron chi connectivity index (χ4n) is 3.47. The van der Waals surface area contributed by atoms with Crippen molar-refractivity contribution in [3.05, 3.63) is 112 Å². The number of hydrogen-bond donors (Lipinski definition) is 2. The number of nitrogens with zero attached hydrogens (tertiary/aromatic N) is 2. The molecule has 0 aliphatic heterocycles. The molecule has 4 aromatic rings. The molecule has 160 valence electrons. The molecule has 0 atom stereocenters. The largest absolute Gasteiger partial charge is 0.321 e. The van der Waals surface area contributed by atoms with Crippen LogP contribution < -0.4 is 16.2 Å². The van der Waals surface area contributed by atoms with Crippen molar-refractivity contribution in [3.63, 3.8) is 0 Å². The van der Waals surface area contributed by atoms with Gasteiger partial charge in [0.05, 0.1) is 22.6 Å². The number of carbonyl (C=O) groups excluding carboxylic acids is 2. The van der Waals surface area contributed by atoms with Crippen LogP contribution in [0.2, 0.25) is 0 Å². The minimum absolute atomic E-state index is 0.186. The third-order valence-corrected chi connectivity index (χ3v) is 5.25. The first kappa shape index (κ1) is 20.9. The van der Waals surface area contributed by atoms with Crippen molar-refractivity contribution in [2.24, 2.45) is 7.05 Å². The van der Waals surface area contributed by atoms with Gasteiger partial charge in [0.25, 0.3) is 17.4 Å². The van der Waals surface area contributed by atoms with E-state index in [4.69, 9.17) is 0 Å². The summed E-state index contributed by atoms with van der Waals surface area (Å²) in [5.41, 5.74) is 2.24. The van der Waals surface area contributed by atoms with E-state index in [1.807, 2.05) is 36.4 Å². The molecule has 32 heavy (non-hydrogen) atoms. The molecule has 3 aromatic carbocycles. The predicted octanol–water partition coefficient (Wildman–Crippen LogP) is 3.99. The molecular formula is C25H22N4O3. The molecule has 1 aromatic heterocycles. The average molecular weight is 426 g/mol. The number of para-hydroxylation sites is 2. The molecule has 0 aliphatic rings. The van der Waals surface area contributed by atoms with Crippen molar-refractivity contribution in [1.82, 2.24) is 9.36 Å². The van der Waals surface area contributed by atoms with Crippen LogP contribution in [0.25, 0.3) is 5.69 Å². The number of anilines is 2. The summed E-state index contributed by atoms with van der Waals surface area (Å²) in [5, 5.41) is 5.51. The Bertz CT molecular complexity index is 1340. The van der Waals surface area contributed by atoms with Gasteiger partial charge in [-0.2, -0.15) is 0 Å². The second-order valence-corrected chi connectivity index (χ2v) is 7.26. The van der Waals surface area contributed by atoms with Crippen molar-refractivity contribution in [1.29, 1.82) is 0 Å². The zero-order valence-electron chi connectivity index (χ0n) is 17.7. The van der Waals surface area contributed by atoms with E-state index in [1.165, 1.54) is 4.68 Å². The van der Waals surface area contributed by atoms with Gasteiger partial charge in [-0.25, -0.2) is 4.68 Å². The van der Waals surface area contributed by atoms with Crippen LogP contribution >= 0.6 is 0 Å². The number of amides is 2. The van der Waals surface area contributed by atoms with Gasteiger partial charge in [-0.05, 0) is 43.3 Å². The maximum absolute atomic E-state index is 13.1. The minimum Gasteiger partial charge on any atom is -0.321 e. The summed E-state index contributed by atoms with van der Waals surface area (Å²) in [6.45, 7) is 1.76. The van der Waals surface area contributed by atoms with Gasteiger partial charge in [-0.3, -0.25) is 19.1 Å². The second kappa shape index (κ2) is 8.77. The molecule has 0 spiro atoms. The summed E-state index contributed by atoms with van der Waals surface area (Å²) >= 11 is 0. The van der Waals surface area contributed by atoms with Crippen LogP contribution in [0.4, 0.5) is 11.4 Å². The summed E-state index contributed by atoms with van der Waals surface area (Å²) in [4.78, 5) is 38.7. The maximum Gasteiger partial charge on any atom is 0.295 e. The first-order valence-corrected chi connectivity index (χ1v) is 10.1. The Balaban J connectivity index is 1.64. The number of aromatic nitrogens is 2. The SMILES string of the molecule is Cc1c(NC(=O)c2ccccc2NC(=O)c2ccccc2)c(=O)n(-c2ccccc2)n1C. The van der Waals surface area contributed by atoms with E-state index in [-0.39, 0.29) is 22.7 Å². The highest BCUT2D eigenvalue weighted by Gasteiger charge is 2.20. The molecule has 0 saturated heterocycles. The summed E-state index contributed by atoms with van der Waals surface area (Å²) in [7, 11) is 1.76. The van der Waals surface area contributed by atoms with Gasteiger partial charge in [0, 0.05) is 12.6 Å². The average Bonchev–Trinajstić information content (AvgIpc) is 3.03. The topological polar surface area (TPSA) is 85.1 Å². The summed E-state index contributed by atoms with van der Waals surface area (Å²) in [6.07, 6.45) is 0. The summed E-state index contributed by atoms with van der Waals surface area (Å²) < 4.78 is 3.18. The van der Waals surface area contributed by atoms with E-state index in [9.17, 15) is 14.4 Å². The van der Waals surface area contributed by atoms with E-state index in [2.05, 4.69) is 10.6 Å². The highest BCUT2D eigenvalue weighted by molar-refractivity contribution is 6.12. The number of rotatable bonds is 5. The first-order valence-electron chi connectivity index (χ1n) is 10.1. The fourth-order valence-corrected chi connectivity index (χ4v) is 3.47. The van der Waals surface area contributed by atoms with Gasteiger partial charge < -0.3 is 10.6 Å². The Hall–Kier alpha value is -4.39. The molecule has 0 saturated carbocycles. The van der Waals surface area contributed by atoms with Crippen LogP contribution in [0, 0.1) is 6.92 Å². The summed E-state index contributed by atoms with van der Waals surface area (Å²) in [6, 6.07) is 24.6. The highest BCUT2D eigenvalue weighted by atomic mass is 16.2. The third kappa shape index (κ3) is 3.96. The van der Waals surface area contributed by atoms with Gasteiger partial charge in [0.15, 0.2) is 0 Å². The zero-order chi connectivity index (χ0) is 22.7. The predicted molar refractivity (Wildman–Crippen MR) is 125 cm³/mol. The van der Waals surface area contributed by atoms with E-state index in [0.29, 0.717) is 22.6 Å². The van der Waals surface area contributed by atoms with Crippen LogP contribution in [0.3, 0.4) is 0 Å². The lowest BCUT2D eigenvalue weighted by Crippen LogP contribution is -2.23. The lowest BCUT2D eigenvalue weighted by Gasteiger charge is -2.11. The van der Waals surface area contributed by atoms with Gasteiger partial charge in [-0.15, -0.1) is 0 Å². The fraction of sp³-hybridized carbons (Fsp3) is 0.0800. The van der Waals surface area contributed by atoms with Gasteiger partial charge in [0.1, 0.15) is 5.69 Å². The van der Waals surface area contributed by atoms with Crippen molar-refractivity contribution in [2.75, 3.05) is 10.6 Å².